The summed E-state index contributed by atoms with van der Waals surface area (Å²) >= 11 is 0. The monoisotopic (exact) mass is 249 g/mol. The summed E-state index contributed by atoms with van der Waals surface area (Å²) in [5.74, 6) is 1.37. The van der Waals surface area contributed by atoms with Gasteiger partial charge in [-0.15, -0.1) is 0 Å². The Hall–Kier alpha value is -2.24. The van der Waals surface area contributed by atoms with Crippen molar-refractivity contribution < 1.29 is 9.66 Å². The molecular formula is C12H15N3O3. The van der Waals surface area contributed by atoms with Crippen LogP contribution in [0.5, 0.6) is 5.75 Å². The second-order valence-corrected chi connectivity index (χ2v) is 4.00. The van der Waals surface area contributed by atoms with Crippen molar-refractivity contribution in [3.8, 4) is 5.75 Å². The van der Waals surface area contributed by atoms with Crippen molar-refractivity contribution in [1.29, 1.82) is 0 Å². The summed E-state index contributed by atoms with van der Waals surface area (Å²) in [5.41, 5.74) is 1.09. The van der Waals surface area contributed by atoms with E-state index in [9.17, 15) is 10.1 Å². The molecule has 0 amide bonds. The zero-order valence-electron chi connectivity index (χ0n) is 10.1. The average molecular weight is 249 g/mol. The van der Waals surface area contributed by atoms with Gasteiger partial charge in [0, 0.05) is 19.6 Å². The first-order valence-corrected chi connectivity index (χ1v) is 5.66. The van der Waals surface area contributed by atoms with Crippen molar-refractivity contribution in [2.75, 3.05) is 20.2 Å². The molecule has 0 bridgehead atoms. The van der Waals surface area contributed by atoms with E-state index in [-0.39, 0.29) is 0 Å². The number of hydrogen-bond acceptors (Lipinski definition) is 5. The minimum Gasteiger partial charge on any atom is -0.497 e. The Kier molecular flexibility index (Phi) is 3.66. The lowest BCUT2D eigenvalue weighted by molar-refractivity contribution is -0.404. The molecule has 18 heavy (non-hydrogen) atoms. The normalized spacial score (nSPS) is 16.7. The molecule has 1 heterocycles. The van der Waals surface area contributed by atoms with Crippen LogP contribution in [0.1, 0.15) is 5.56 Å². The third-order valence-corrected chi connectivity index (χ3v) is 2.79. The molecule has 1 aromatic carbocycles. The van der Waals surface area contributed by atoms with Gasteiger partial charge in [0.2, 0.25) is 0 Å². The Labute approximate surface area is 105 Å². The van der Waals surface area contributed by atoms with E-state index in [1.807, 2.05) is 29.2 Å². The molecule has 0 aromatic heterocycles. The zero-order chi connectivity index (χ0) is 13.0. The highest BCUT2D eigenvalue weighted by molar-refractivity contribution is 5.27. The second kappa shape index (κ2) is 5.39. The maximum atomic E-state index is 10.5. The van der Waals surface area contributed by atoms with Gasteiger partial charge in [0.15, 0.2) is 5.82 Å². The summed E-state index contributed by atoms with van der Waals surface area (Å²) < 4.78 is 5.09. The molecule has 2 rings (SSSR count). The molecule has 0 aliphatic carbocycles. The van der Waals surface area contributed by atoms with Crippen LogP contribution >= 0.6 is 0 Å². The summed E-state index contributed by atoms with van der Waals surface area (Å²) in [5, 5.41) is 13.5. The lowest BCUT2D eigenvalue weighted by atomic mass is 10.2. The first-order valence-electron chi connectivity index (χ1n) is 5.66. The fraction of sp³-hybridized carbons (Fsp3) is 0.333. The predicted octanol–water partition coefficient (Wildman–Crippen LogP) is 1.18. The summed E-state index contributed by atoms with van der Waals surface area (Å²) in [6.45, 7) is 2.15. The van der Waals surface area contributed by atoms with E-state index >= 15 is 0 Å². The third-order valence-electron chi connectivity index (χ3n) is 2.79. The highest BCUT2D eigenvalue weighted by Gasteiger charge is 2.19. The number of nitrogens with one attached hydrogen (secondary N) is 1. The lowest BCUT2D eigenvalue weighted by Gasteiger charge is -2.17. The van der Waals surface area contributed by atoms with Crippen molar-refractivity contribution in [3.05, 3.63) is 52.0 Å². The largest absolute Gasteiger partial charge is 0.497 e. The molecule has 96 valence electrons. The van der Waals surface area contributed by atoms with Crippen LogP contribution in [-0.4, -0.2) is 30.0 Å². The van der Waals surface area contributed by atoms with E-state index in [1.54, 1.807) is 7.11 Å². The van der Waals surface area contributed by atoms with Gasteiger partial charge in [0.25, 0.3) is 6.20 Å². The van der Waals surface area contributed by atoms with Crippen molar-refractivity contribution in [2.24, 2.45) is 0 Å². The molecule has 6 heteroatoms. The van der Waals surface area contributed by atoms with Gasteiger partial charge in [-0.25, -0.2) is 0 Å². The molecule has 1 fully saturated rings. The van der Waals surface area contributed by atoms with E-state index in [0.29, 0.717) is 12.4 Å². The van der Waals surface area contributed by atoms with Crippen LogP contribution in [-0.2, 0) is 6.54 Å². The Bertz CT molecular complexity index is 456. The van der Waals surface area contributed by atoms with Gasteiger partial charge in [-0.2, -0.15) is 0 Å². The molecule has 1 N–H and O–H groups in total. The molecule has 0 spiro atoms. The molecule has 0 radical (unpaired) electrons. The molecule has 6 nitrogen and oxygen atoms in total. The van der Waals surface area contributed by atoms with E-state index < -0.39 is 4.92 Å². The van der Waals surface area contributed by atoms with E-state index in [2.05, 4.69) is 5.32 Å². The first kappa shape index (κ1) is 12.2. The molecule has 1 aliphatic rings. The maximum absolute atomic E-state index is 10.5. The van der Waals surface area contributed by atoms with Crippen LogP contribution in [0, 0.1) is 10.1 Å². The minimum absolute atomic E-state index is 0.436. The predicted molar refractivity (Wildman–Crippen MR) is 66.5 cm³/mol. The van der Waals surface area contributed by atoms with Gasteiger partial charge in [-0.05, 0) is 17.7 Å². The number of methoxy groups -OCH3 is 1. The quantitative estimate of drug-likeness (QED) is 0.641. The van der Waals surface area contributed by atoms with E-state index in [1.165, 1.54) is 0 Å². The van der Waals surface area contributed by atoms with Crippen LogP contribution in [0.15, 0.2) is 36.3 Å². The molecular weight excluding hydrogens is 234 g/mol. The van der Waals surface area contributed by atoms with Gasteiger partial charge in [0.1, 0.15) is 5.75 Å². The van der Waals surface area contributed by atoms with Gasteiger partial charge < -0.3 is 15.0 Å². The second-order valence-electron chi connectivity index (χ2n) is 4.00. The number of hydrogen-bond donors (Lipinski definition) is 1. The summed E-state index contributed by atoms with van der Waals surface area (Å²) in [6.07, 6.45) is 1.01. The Morgan fingerprint density at radius 3 is 2.83 bits per heavy atom. The van der Waals surface area contributed by atoms with Gasteiger partial charge in [-0.3, -0.25) is 10.1 Å². The Morgan fingerprint density at radius 2 is 2.22 bits per heavy atom. The number of benzene rings is 1. The molecule has 0 unspecified atom stereocenters. The summed E-state index contributed by atoms with van der Waals surface area (Å²) in [4.78, 5) is 12.0. The number of nitrogens with zero attached hydrogens (tertiary/aromatic N) is 2. The SMILES string of the molecule is COc1ccc(CN2CCN/C2=C\[N+](=O)[O-])cc1. The minimum atomic E-state index is -0.436. The number of rotatable bonds is 4. The van der Waals surface area contributed by atoms with Gasteiger partial charge >= 0.3 is 0 Å². The van der Waals surface area contributed by atoms with Crippen LogP contribution in [0.4, 0.5) is 0 Å². The van der Waals surface area contributed by atoms with Crippen molar-refractivity contribution in [2.45, 2.75) is 6.54 Å². The molecule has 1 aromatic rings. The standard InChI is InChI=1S/C12H15N3O3/c1-18-11-4-2-10(3-5-11)8-14-7-6-13-12(14)9-15(16)17/h2-5,9,13H,6-8H2,1H3/b12-9+. The van der Waals surface area contributed by atoms with Crippen LogP contribution < -0.4 is 10.1 Å². The lowest BCUT2D eigenvalue weighted by Crippen LogP contribution is -2.20. The summed E-state index contributed by atoms with van der Waals surface area (Å²) in [6, 6.07) is 7.69. The molecule has 1 saturated heterocycles. The van der Waals surface area contributed by atoms with Crippen LogP contribution in [0.3, 0.4) is 0 Å². The fourth-order valence-electron chi connectivity index (χ4n) is 1.89. The molecule has 0 atom stereocenters. The Morgan fingerprint density at radius 1 is 1.50 bits per heavy atom. The highest BCUT2D eigenvalue weighted by Crippen LogP contribution is 2.16. The molecule has 0 saturated carbocycles. The number of ether oxygens (including phenoxy) is 1. The van der Waals surface area contributed by atoms with Crippen molar-refractivity contribution in [1.82, 2.24) is 10.2 Å². The zero-order valence-corrected chi connectivity index (χ0v) is 10.1. The maximum Gasteiger partial charge on any atom is 0.274 e. The van der Waals surface area contributed by atoms with Crippen molar-refractivity contribution >= 4 is 0 Å². The van der Waals surface area contributed by atoms with Gasteiger partial charge in [-0.1, -0.05) is 12.1 Å². The first-order chi connectivity index (χ1) is 8.69. The smallest absolute Gasteiger partial charge is 0.274 e. The topological polar surface area (TPSA) is 67.6 Å². The highest BCUT2D eigenvalue weighted by atomic mass is 16.6. The Balaban J connectivity index is 2.05. The fourth-order valence-corrected chi connectivity index (χ4v) is 1.89. The number of nitro groups is 1. The van der Waals surface area contributed by atoms with Crippen LogP contribution in [0.2, 0.25) is 0 Å². The van der Waals surface area contributed by atoms with E-state index in [0.717, 1.165) is 30.6 Å². The molecule has 1 aliphatic heterocycles. The van der Waals surface area contributed by atoms with Gasteiger partial charge in [0.05, 0.1) is 12.0 Å². The van der Waals surface area contributed by atoms with E-state index in [4.69, 9.17) is 4.74 Å². The summed E-state index contributed by atoms with van der Waals surface area (Å²) in [7, 11) is 1.62. The van der Waals surface area contributed by atoms with Crippen molar-refractivity contribution in [3.63, 3.8) is 0 Å². The average Bonchev–Trinajstić information content (AvgIpc) is 2.77. The van der Waals surface area contributed by atoms with Crippen LogP contribution in [0.25, 0.3) is 0 Å². The third kappa shape index (κ3) is 2.91.